The van der Waals surface area contributed by atoms with Crippen molar-refractivity contribution >= 4 is 56.3 Å². The second-order valence-corrected chi connectivity index (χ2v) is 22.4. The van der Waals surface area contributed by atoms with E-state index >= 15 is 0 Å². The fourth-order valence-electron chi connectivity index (χ4n) is 9.07. The van der Waals surface area contributed by atoms with Crippen LogP contribution in [0.2, 0.25) is 0 Å². The van der Waals surface area contributed by atoms with E-state index in [2.05, 4.69) is 45.8 Å². The van der Waals surface area contributed by atoms with Crippen LogP contribution in [0.15, 0.2) is 118 Å². The van der Waals surface area contributed by atoms with Gasteiger partial charge in [0.1, 0.15) is 45.6 Å². The number of unbranched alkanes of at least 4 members (excludes halogenated alkanes) is 1. The summed E-state index contributed by atoms with van der Waals surface area (Å²) in [6.45, 7) is 7.78. The summed E-state index contributed by atoms with van der Waals surface area (Å²) in [5.74, 6) is -3.91. The number of thiazole rings is 1. The van der Waals surface area contributed by atoms with Crippen molar-refractivity contribution < 1.29 is 50.6 Å². The molecule has 8 aromatic rings. The number of amides is 4. The van der Waals surface area contributed by atoms with Gasteiger partial charge in [-0.05, 0) is 78.8 Å². The Morgan fingerprint density at radius 1 is 0.899 bits per heavy atom. The van der Waals surface area contributed by atoms with Gasteiger partial charge in [-0.1, -0.05) is 57.2 Å². The Kier molecular flexibility index (Phi) is 16.3. The molecular weight excluding hydrogens is 1060 g/mol. The highest BCUT2D eigenvalue weighted by molar-refractivity contribution is 7.92. The predicted molar refractivity (Wildman–Crippen MR) is 289 cm³/mol. The maximum atomic E-state index is 14.5. The van der Waals surface area contributed by atoms with Crippen LogP contribution in [0.25, 0.3) is 50.3 Å². The minimum Gasteiger partial charge on any atom is -0.480 e. The number of rotatable bonds is 19. The van der Waals surface area contributed by atoms with Gasteiger partial charge in [-0.25, -0.2) is 32.2 Å². The molecule has 1 aliphatic rings. The normalized spacial score (nSPS) is 15.0. The average molecular weight is 1120 g/mol. The van der Waals surface area contributed by atoms with Crippen molar-refractivity contribution in [3.8, 4) is 50.5 Å². The van der Waals surface area contributed by atoms with Gasteiger partial charge in [-0.15, -0.1) is 21.5 Å². The summed E-state index contributed by atoms with van der Waals surface area (Å²) in [7, 11) is -3.26. The number of hydrogen-bond acceptors (Lipinski definition) is 15. The zero-order chi connectivity index (χ0) is 56.2. The number of halogens is 2. The average Bonchev–Trinajstić information content (AvgIpc) is 4.39. The lowest BCUT2D eigenvalue weighted by Crippen LogP contribution is -2.57. The number of nitrogens with zero attached hydrogens (tertiary/aromatic N) is 7. The van der Waals surface area contributed by atoms with Crippen LogP contribution in [-0.4, -0.2) is 110 Å². The number of benzene rings is 3. The van der Waals surface area contributed by atoms with Crippen molar-refractivity contribution in [3.05, 3.63) is 137 Å². The third-order valence-corrected chi connectivity index (χ3v) is 15.6. The van der Waals surface area contributed by atoms with E-state index in [1.54, 1.807) is 63.8 Å². The highest BCUT2D eigenvalue weighted by Gasteiger charge is 2.44. The van der Waals surface area contributed by atoms with Gasteiger partial charge in [-0.2, -0.15) is 0 Å². The number of aromatic nitrogens is 6. The molecule has 5 aromatic heterocycles. The van der Waals surface area contributed by atoms with Crippen LogP contribution in [0.4, 0.5) is 14.5 Å². The van der Waals surface area contributed by atoms with Crippen molar-refractivity contribution in [2.45, 2.75) is 83.0 Å². The van der Waals surface area contributed by atoms with E-state index in [-0.39, 0.29) is 67.3 Å². The van der Waals surface area contributed by atoms with Crippen LogP contribution in [0.3, 0.4) is 0 Å². The van der Waals surface area contributed by atoms with Crippen LogP contribution in [0, 0.1) is 24.0 Å². The number of aryl methyl sites for hydroxylation is 1. The third-order valence-electron chi connectivity index (χ3n) is 13.2. The summed E-state index contributed by atoms with van der Waals surface area (Å²) >= 11 is 1.55. The van der Waals surface area contributed by atoms with E-state index in [4.69, 9.17) is 9.15 Å². The number of nitrogens with one attached hydrogen (secondary N) is 4. The number of likely N-dealkylation sites (tertiary alicyclic amines) is 1. The zero-order valence-electron chi connectivity index (χ0n) is 43.5. The van der Waals surface area contributed by atoms with Gasteiger partial charge in [0.05, 0.1) is 46.6 Å². The summed E-state index contributed by atoms with van der Waals surface area (Å²) < 4.78 is 69.8. The Balaban J connectivity index is 0.792. The van der Waals surface area contributed by atoms with Crippen molar-refractivity contribution in [2.75, 3.05) is 24.9 Å². The van der Waals surface area contributed by atoms with E-state index in [0.717, 1.165) is 33.8 Å². The number of aliphatic hydroxyl groups is 1. The summed E-state index contributed by atoms with van der Waals surface area (Å²) in [5, 5.41) is 27.8. The Morgan fingerprint density at radius 3 is 2.39 bits per heavy atom. The Hall–Kier alpha value is -8.48. The minimum atomic E-state index is -4.54. The molecule has 1 fully saturated rings. The quantitative estimate of drug-likeness (QED) is 0.0496. The maximum absolute atomic E-state index is 14.5. The molecule has 5 N–H and O–H groups in total. The van der Waals surface area contributed by atoms with Crippen LogP contribution in [0.5, 0.6) is 5.88 Å². The van der Waals surface area contributed by atoms with Crippen LogP contribution in [-0.2, 0) is 31.0 Å². The van der Waals surface area contributed by atoms with Crippen molar-refractivity contribution in [2.24, 2.45) is 5.41 Å². The second kappa shape index (κ2) is 23.2. The number of fused-ring (bicyclic) bond motifs is 1. The van der Waals surface area contributed by atoms with Gasteiger partial charge in [0.15, 0.2) is 0 Å². The van der Waals surface area contributed by atoms with Gasteiger partial charge in [0.25, 0.3) is 21.8 Å². The van der Waals surface area contributed by atoms with E-state index in [1.807, 2.05) is 52.0 Å². The van der Waals surface area contributed by atoms with Crippen molar-refractivity contribution in [3.63, 3.8) is 0 Å². The molecule has 0 bridgehead atoms. The molecule has 3 atom stereocenters. The first-order valence-electron chi connectivity index (χ1n) is 25.0. The molecule has 4 amide bonds. The fraction of sp³-hybridized carbons (Fsp3) is 0.291. The maximum Gasteiger partial charge on any atom is 0.266 e. The largest absolute Gasteiger partial charge is 0.480 e. The summed E-state index contributed by atoms with van der Waals surface area (Å²) in [4.78, 5) is 69.4. The van der Waals surface area contributed by atoms with Crippen LogP contribution >= 0.6 is 11.3 Å². The molecule has 1 aliphatic heterocycles. The van der Waals surface area contributed by atoms with E-state index < -0.39 is 67.9 Å². The molecule has 20 nitrogen and oxygen atoms in total. The molecule has 0 radical (unpaired) electrons. The summed E-state index contributed by atoms with van der Waals surface area (Å²) in [5.41, 5.74) is 6.20. The monoisotopic (exact) mass is 1120 g/mol. The molecule has 0 saturated carbocycles. The standard InChI is InChI=1S/C55H55F2N11O9S2/c1-31-47(78-30-62-31)33-15-13-32(14-16-33)25-60-50(72)42-24-37(69)29-68(42)54(73)48(55(2,3)4)63-46(70)12-8-9-21-58-49(71)38-10-6-7-11-39(38)51-64-65-53(77-51)43-27-59-45-20-17-34(28-67(43)45)35-22-41(52(76-5)61-26-35)66-79(74,75)44-19-18-36(56)23-40(44)57/h6-7,10-11,13-20,22-23,26-28,30,37,42,48,66,69H,8-9,12,21,24-25,29H2,1-5H3,(H,58,71)(H,60,72)(H,63,70). The molecule has 3 aromatic carbocycles. The predicted octanol–water partition coefficient (Wildman–Crippen LogP) is 7.34. The lowest BCUT2D eigenvalue weighted by Gasteiger charge is -2.35. The second-order valence-electron chi connectivity index (χ2n) is 19.9. The molecule has 0 aliphatic carbocycles. The highest BCUT2D eigenvalue weighted by atomic mass is 32.2. The van der Waals surface area contributed by atoms with Gasteiger partial charge >= 0.3 is 0 Å². The number of β-amino-alcohol motifs (C(OH)–C–C–N with tert-alkyl or cyclic N) is 1. The number of ether oxygens (including phenoxy) is 1. The van der Waals surface area contributed by atoms with Crippen molar-refractivity contribution in [1.29, 1.82) is 0 Å². The number of imidazole rings is 1. The fourth-order valence-corrected chi connectivity index (χ4v) is 11.0. The molecule has 24 heteroatoms. The van der Waals surface area contributed by atoms with Gasteiger partial charge in [0, 0.05) is 62.1 Å². The summed E-state index contributed by atoms with van der Waals surface area (Å²) in [6, 6.07) is 19.5. The molecule has 0 spiro atoms. The summed E-state index contributed by atoms with van der Waals surface area (Å²) in [6.07, 6.45) is 4.64. The van der Waals surface area contributed by atoms with Gasteiger partial charge in [0.2, 0.25) is 29.5 Å². The number of pyridine rings is 2. The Bertz CT molecular complexity index is 3690. The van der Waals surface area contributed by atoms with Gasteiger partial charge in [-0.3, -0.25) is 28.3 Å². The van der Waals surface area contributed by atoms with Crippen LogP contribution in [0.1, 0.15) is 68.1 Å². The SMILES string of the molecule is COc1ncc(-c2ccc3ncc(-c4nnc(-c5ccccc5C(=O)NCCCCC(=O)NC(C(=O)N5CC(O)CC5C(=O)NCc5ccc(-c6scnc6C)cc5)C(C)(C)C)o4)n3c2)cc1NS(=O)(=O)c1ccc(F)cc1F. The minimum absolute atomic E-state index is 0.0416. The molecule has 410 valence electrons. The van der Waals surface area contributed by atoms with Gasteiger partial charge < -0.3 is 35.1 Å². The smallest absolute Gasteiger partial charge is 0.266 e. The zero-order valence-corrected chi connectivity index (χ0v) is 45.1. The molecule has 9 rings (SSSR count). The highest BCUT2D eigenvalue weighted by Crippen LogP contribution is 2.34. The lowest BCUT2D eigenvalue weighted by molar-refractivity contribution is -0.144. The van der Waals surface area contributed by atoms with E-state index in [1.165, 1.54) is 30.5 Å². The number of anilines is 1. The number of aliphatic hydroxyl groups excluding tert-OH is 1. The van der Waals surface area contributed by atoms with Crippen LogP contribution < -0.4 is 25.4 Å². The molecule has 79 heavy (non-hydrogen) atoms. The first-order chi connectivity index (χ1) is 37.8. The number of hydrogen-bond donors (Lipinski definition) is 5. The molecule has 6 heterocycles. The molecule has 3 unspecified atom stereocenters. The van der Waals surface area contributed by atoms with Crippen molar-refractivity contribution in [1.82, 2.24) is 50.4 Å². The van der Waals surface area contributed by atoms with E-state index in [9.17, 15) is 41.5 Å². The first-order valence-corrected chi connectivity index (χ1v) is 27.4. The Morgan fingerprint density at radius 2 is 1.66 bits per heavy atom. The first kappa shape index (κ1) is 55.3. The topological polar surface area (TPSA) is 265 Å². The number of carbonyl (C=O) groups is 4. The number of methoxy groups -OCH3 is 1. The number of sulfonamides is 1. The number of carbonyl (C=O) groups excluding carboxylic acids is 4. The lowest BCUT2D eigenvalue weighted by atomic mass is 9.85. The Labute approximate surface area is 456 Å². The third kappa shape index (κ3) is 12.5. The van der Waals surface area contributed by atoms with E-state index in [0.29, 0.717) is 46.9 Å². The molecular formula is C55H55F2N11O9S2. The molecule has 1 saturated heterocycles.